The predicted octanol–water partition coefficient (Wildman–Crippen LogP) is 1.00. The van der Waals surface area contributed by atoms with Crippen LogP contribution in [0.3, 0.4) is 0 Å². The number of amides is 1. The zero-order chi connectivity index (χ0) is 22.3. The summed E-state index contributed by atoms with van der Waals surface area (Å²) in [5, 5.41) is 7.01. The Bertz CT molecular complexity index is 904. The first-order valence-electron chi connectivity index (χ1n) is 10.0. The van der Waals surface area contributed by atoms with Crippen molar-refractivity contribution in [2.75, 3.05) is 40.0 Å². The summed E-state index contributed by atoms with van der Waals surface area (Å²) in [6.07, 6.45) is 1.65. The van der Waals surface area contributed by atoms with Gasteiger partial charge >= 0.3 is 0 Å². The lowest BCUT2D eigenvalue weighted by molar-refractivity contribution is -0.134. The van der Waals surface area contributed by atoms with Gasteiger partial charge in [0.1, 0.15) is 5.75 Å². The van der Waals surface area contributed by atoms with E-state index in [2.05, 4.69) is 0 Å². The van der Waals surface area contributed by atoms with E-state index in [1.807, 2.05) is 43.3 Å². The molecule has 3 aliphatic rings. The van der Waals surface area contributed by atoms with Crippen LogP contribution in [-0.2, 0) is 24.8 Å². The molecule has 1 N–H and O–H groups in total. The smallest absolute Gasteiger partial charge is 0.300 e. The molecular formula is C21H30N2O6S. The number of benzene rings is 1. The number of fused-ring (bicyclic) bond motifs is 1. The molecule has 1 aliphatic carbocycles. The number of carbonyl (C=O) groups excluding carboxylic acids is 1. The second-order valence-electron chi connectivity index (χ2n) is 8.60. The van der Waals surface area contributed by atoms with Crippen molar-refractivity contribution >= 4 is 21.7 Å². The van der Waals surface area contributed by atoms with Crippen LogP contribution in [0.25, 0.3) is 0 Å². The van der Waals surface area contributed by atoms with Crippen LogP contribution in [0.15, 0.2) is 24.3 Å². The number of ether oxygens (including phenoxy) is 1. The van der Waals surface area contributed by atoms with Gasteiger partial charge in [0.15, 0.2) is 9.84 Å². The summed E-state index contributed by atoms with van der Waals surface area (Å²) in [6.45, 7) is 1.97. The molecule has 1 amide bonds. The zero-order valence-electron chi connectivity index (χ0n) is 17.9. The molecular weight excluding hydrogens is 408 g/mol. The Labute approximate surface area is 177 Å². The Kier molecular flexibility index (Phi) is 6.15. The first-order valence-corrected chi connectivity index (χ1v) is 11.7. The summed E-state index contributed by atoms with van der Waals surface area (Å²) in [5.41, 5.74) is 0.537. The van der Waals surface area contributed by atoms with E-state index in [-0.39, 0.29) is 23.6 Å². The third-order valence-corrected chi connectivity index (χ3v) is 8.65. The minimum absolute atomic E-state index is 0.000982. The molecule has 0 bridgehead atoms. The van der Waals surface area contributed by atoms with Gasteiger partial charge in [0.25, 0.3) is 5.97 Å². The van der Waals surface area contributed by atoms with Gasteiger partial charge in [-0.2, -0.15) is 0 Å². The number of carboxylic acids is 1. The third kappa shape index (κ3) is 4.18. The van der Waals surface area contributed by atoms with E-state index in [9.17, 15) is 13.2 Å². The molecule has 2 saturated heterocycles. The van der Waals surface area contributed by atoms with Crippen LogP contribution in [0.4, 0.5) is 0 Å². The Balaban J connectivity index is 0.000000589. The van der Waals surface area contributed by atoms with Crippen LogP contribution in [0.2, 0.25) is 0 Å². The molecule has 3 fully saturated rings. The first kappa shape index (κ1) is 22.6. The number of hydrogen-bond donors (Lipinski definition) is 1. The summed E-state index contributed by atoms with van der Waals surface area (Å²) in [4.78, 5) is 26.1. The SMILES string of the molecule is CC(=O)O.COc1ccc(C2(C(=O)N3C[C@H]4[C@H](N(C)C)CS(=O)(=O)[C@H]4C3)CC2)cc1. The molecule has 2 heterocycles. The molecule has 0 unspecified atom stereocenters. The van der Waals surface area contributed by atoms with Crippen molar-refractivity contribution < 1.29 is 27.9 Å². The molecule has 4 rings (SSSR count). The highest BCUT2D eigenvalue weighted by Gasteiger charge is 2.58. The number of carboxylic acid groups (broad SMARTS) is 1. The summed E-state index contributed by atoms with van der Waals surface area (Å²) < 4.78 is 30.3. The van der Waals surface area contributed by atoms with Gasteiger partial charge in [-0.25, -0.2) is 8.42 Å². The molecule has 9 heteroatoms. The largest absolute Gasteiger partial charge is 0.497 e. The fourth-order valence-electron chi connectivity index (χ4n) is 4.70. The number of sulfone groups is 1. The molecule has 3 atom stereocenters. The van der Waals surface area contributed by atoms with Gasteiger partial charge in [0.2, 0.25) is 5.91 Å². The van der Waals surface area contributed by atoms with Crippen molar-refractivity contribution in [3.05, 3.63) is 29.8 Å². The normalized spacial score (nSPS) is 27.8. The van der Waals surface area contributed by atoms with Crippen LogP contribution < -0.4 is 4.74 Å². The second kappa shape index (κ2) is 8.19. The van der Waals surface area contributed by atoms with Gasteiger partial charge in [0.05, 0.1) is 23.5 Å². The fraction of sp³-hybridized carbons (Fsp3) is 0.619. The Morgan fingerprint density at radius 2 is 1.73 bits per heavy atom. The van der Waals surface area contributed by atoms with Crippen LogP contribution in [0, 0.1) is 5.92 Å². The lowest BCUT2D eigenvalue weighted by Gasteiger charge is -2.27. The maximum atomic E-state index is 13.3. The minimum Gasteiger partial charge on any atom is -0.497 e. The van der Waals surface area contributed by atoms with E-state index in [1.165, 1.54) is 0 Å². The minimum atomic E-state index is -3.14. The Hall–Kier alpha value is -2.13. The first-order chi connectivity index (χ1) is 14.0. The number of rotatable bonds is 4. The number of methoxy groups -OCH3 is 1. The molecule has 1 aromatic carbocycles. The van der Waals surface area contributed by atoms with Gasteiger partial charge in [-0.1, -0.05) is 12.1 Å². The summed E-state index contributed by atoms with van der Waals surface area (Å²) in [5.74, 6) is 0.254. The van der Waals surface area contributed by atoms with Crippen LogP contribution in [0.5, 0.6) is 5.75 Å². The van der Waals surface area contributed by atoms with Crippen molar-refractivity contribution in [2.24, 2.45) is 5.92 Å². The number of carbonyl (C=O) groups is 2. The van der Waals surface area contributed by atoms with Gasteiger partial charge in [-0.15, -0.1) is 0 Å². The average molecular weight is 439 g/mol. The molecule has 30 heavy (non-hydrogen) atoms. The maximum absolute atomic E-state index is 13.3. The third-order valence-electron chi connectivity index (χ3n) is 6.42. The lowest BCUT2D eigenvalue weighted by Crippen LogP contribution is -2.42. The molecule has 1 saturated carbocycles. The molecule has 1 aromatic rings. The van der Waals surface area contributed by atoms with E-state index >= 15 is 0 Å². The number of nitrogens with zero attached hydrogens (tertiary/aromatic N) is 2. The predicted molar refractivity (Wildman–Crippen MR) is 112 cm³/mol. The van der Waals surface area contributed by atoms with Crippen LogP contribution in [0.1, 0.15) is 25.3 Å². The topological polar surface area (TPSA) is 104 Å². The maximum Gasteiger partial charge on any atom is 0.300 e. The lowest BCUT2D eigenvalue weighted by atomic mass is 9.94. The van der Waals surface area contributed by atoms with Crippen LogP contribution in [-0.4, -0.2) is 86.5 Å². The highest BCUT2D eigenvalue weighted by molar-refractivity contribution is 7.92. The molecule has 2 aliphatic heterocycles. The number of hydrogen-bond acceptors (Lipinski definition) is 6. The second-order valence-corrected chi connectivity index (χ2v) is 10.9. The molecule has 0 radical (unpaired) electrons. The standard InChI is InChI=1S/C19H26N2O4S.C2H4O2/c1-20(2)16-12-26(23,24)17-11-21(10-15(16)17)18(22)19(8-9-19)13-4-6-14(25-3)7-5-13;1-2(3)4/h4-7,15-17H,8-12H2,1-3H3;1H3,(H,3,4)/t15-,16+,17-;/m0./s1. The average Bonchev–Trinajstić information content (AvgIpc) is 3.29. The van der Waals surface area contributed by atoms with E-state index in [4.69, 9.17) is 14.6 Å². The molecule has 166 valence electrons. The van der Waals surface area contributed by atoms with Gasteiger partial charge in [-0.3, -0.25) is 9.59 Å². The van der Waals surface area contributed by atoms with E-state index in [0.29, 0.717) is 13.1 Å². The van der Waals surface area contributed by atoms with Crippen molar-refractivity contribution in [2.45, 2.75) is 36.5 Å². The number of aliphatic carboxylic acids is 1. The molecule has 0 spiro atoms. The monoisotopic (exact) mass is 438 g/mol. The van der Waals surface area contributed by atoms with E-state index < -0.39 is 26.5 Å². The molecule has 0 aromatic heterocycles. The van der Waals surface area contributed by atoms with Crippen molar-refractivity contribution in [1.29, 1.82) is 0 Å². The van der Waals surface area contributed by atoms with Crippen molar-refractivity contribution in [3.8, 4) is 5.75 Å². The summed E-state index contributed by atoms with van der Waals surface area (Å²) in [7, 11) is 2.33. The van der Waals surface area contributed by atoms with E-state index in [0.717, 1.165) is 31.1 Å². The van der Waals surface area contributed by atoms with Crippen molar-refractivity contribution in [3.63, 3.8) is 0 Å². The Morgan fingerprint density at radius 1 is 1.17 bits per heavy atom. The number of likely N-dealkylation sites (tertiary alicyclic amines) is 1. The van der Waals surface area contributed by atoms with Gasteiger partial charge in [-0.05, 0) is 44.6 Å². The highest BCUT2D eigenvalue weighted by atomic mass is 32.2. The summed E-state index contributed by atoms with van der Waals surface area (Å²) >= 11 is 0. The quantitative estimate of drug-likeness (QED) is 0.748. The van der Waals surface area contributed by atoms with Gasteiger partial charge < -0.3 is 19.6 Å². The van der Waals surface area contributed by atoms with E-state index in [1.54, 1.807) is 12.0 Å². The highest BCUT2D eigenvalue weighted by Crippen LogP contribution is 2.51. The van der Waals surface area contributed by atoms with Gasteiger partial charge in [0, 0.05) is 32.0 Å². The molecule has 8 nitrogen and oxygen atoms in total. The van der Waals surface area contributed by atoms with Crippen LogP contribution >= 0.6 is 0 Å². The Morgan fingerprint density at radius 3 is 2.20 bits per heavy atom. The zero-order valence-corrected chi connectivity index (χ0v) is 18.7. The fourth-order valence-corrected chi connectivity index (χ4v) is 7.17. The summed E-state index contributed by atoms with van der Waals surface area (Å²) in [6, 6.07) is 7.68. The van der Waals surface area contributed by atoms with Crippen molar-refractivity contribution in [1.82, 2.24) is 9.80 Å².